The molecule has 2 rings (SSSR count). The van der Waals surface area contributed by atoms with Crippen LogP contribution in [0.1, 0.15) is 17.3 Å². The topological polar surface area (TPSA) is 71.3 Å². The third-order valence-electron chi connectivity index (χ3n) is 3.24. The number of rotatable bonds is 7. The second kappa shape index (κ2) is 8.55. The number of nitrogens with zero attached hydrogens (tertiary/aromatic N) is 1. The van der Waals surface area contributed by atoms with Gasteiger partial charge in [-0.3, -0.25) is 9.59 Å². The van der Waals surface area contributed by atoms with E-state index in [1.54, 1.807) is 36.2 Å². The van der Waals surface area contributed by atoms with Crippen molar-refractivity contribution in [3.8, 4) is 0 Å². The summed E-state index contributed by atoms with van der Waals surface area (Å²) in [6.07, 6.45) is 0.783. The van der Waals surface area contributed by atoms with Crippen molar-refractivity contribution in [1.82, 2.24) is 9.88 Å². The molecule has 2 N–H and O–H groups in total. The lowest BCUT2D eigenvalue weighted by Gasteiger charge is -2.14. The Morgan fingerprint density at radius 1 is 1.26 bits per heavy atom. The largest absolute Gasteiger partial charge is 0.389 e. The standard InChI is InChI=1S/C17H20N2O3S/c1-2-23-15-8-4-3-7-14(15)17(22)18-11-13(20)12-19-10-6-5-9-16(19)21/h3-10,13,20H,2,11-12H2,1H3,(H,18,22)/t13-/m1/s1. The molecule has 0 saturated heterocycles. The Bertz CT molecular complexity index is 715. The summed E-state index contributed by atoms with van der Waals surface area (Å²) in [6, 6.07) is 12.2. The van der Waals surface area contributed by atoms with Gasteiger partial charge in [0.25, 0.3) is 11.5 Å². The molecule has 0 aliphatic carbocycles. The van der Waals surface area contributed by atoms with Crippen molar-refractivity contribution in [2.45, 2.75) is 24.5 Å². The van der Waals surface area contributed by atoms with Crippen LogP contribution in [-0.4, -0.2) is 34.0 Å². The van der Waals surface area contributed by atoms with E-state index in [1.807, 2.05) is 25.1 Å². The fourth-order valence-corrected chi connectivity index (χ4v) is 2.95. The molecule has 23 heavy (non-hydrogen) atoms. The van der Waals surface area contributed by atoms with E-state index in [0.717, 1.165) is 10.6 Å². The van der Waals surface area contributed by atoms with Crippen LogP contribution >= 0.6 is 11.8 Å². The molecule has 6 heteroatoms. The molecule has 0 radical (unpaired) electrons. The molecule has 5 nitrogen and oxygen atoms in total. The Labute approximate surface area is 139 Å². The summed E-state index contributed by atoms with van der Waals surface area (Å²) in [5.74, 6) is 0.658. The van der Waals surface area contributed by atoms with Gasteiger partial charge in [0.1, 0.15) is 0 Å². The highest BCUT2D eigenvalue weighted by molar-refractivity contribution is 7.99. The number of benzene rings is 1. The normalized spacial score (nSPS) is 11.9. The van der Waals surface area contributed by atoms with Crippen molar-refractivity contribution >= 4 is 17.7 Å². The summed E-state index contributed by atoms with van der Waals surface area (Å²) in [5.41, 5.74) is 0.422. The van der Waals surface area contributed by atoms with Crippen LogP contribution in [0.2, 0.25) is 0 Å². The molecule has 122 valence electrons. The number of nitrogens with one attached hydrogen (secondary N) is 1. The molecule has 0 unspecified atom stereocenters. The van der Waals surface area contributed by atoms with E-state index >= 15 is 0 Å². The van der Waals surface area contributed by atoms with E-state index in [-0.39, 0.29) is 24.6 Å². The Morgan fingerprint density at radius 3 is 2.74 bits per heavy atom. The predicted molar refractivity (Wildman–Crippen MR) is 91.9 cm³/mol. The lowest BCUT2D eigenvalue weighted by atomic mass is 10.2. The molecule has 0 saturated carbocycles. The lowest BCUT2D eigenvalue weighted by molar-refractivity contribution is 0.0900. The highest BCUT2D eigenvalue weighted by Gasteiger charge is 2.13. The van der Waals surface area contributed by atoms with Crippen molar-refractivity contribution in [2.75, 3.05) is 12.3 Å². The number of aromatic nitrogens is 1. The first-order valence-electron chi connectivity index (χ1n) is 7.45. The number of aliphatic hydroxyl groups excluding tert-OH is 1. The first-order chi connectivity index (χ1) is 11.1. The first-order valence-corrected chi connectivity index (χ1v) is 8.44. The van der Waals surface area contributed by atoms with Crippen LogP contribution < -0.4 is 10.9 Å². The average molecular weight is 332 g/mol. The number of aliphatic hydroxyl groups is 1. The van der Waals surface area contributed by atoms with Gasteiger partial charge in [0, 0.05) is 23.7 Å². The van der Waals surface area contributed by atoms with Gasteiger partial charge >= 0.3 is 0 Å². The fraction of sp³-hybridized carbons (Fsp3) is 0.294. The molecule has 0 spiro atoms. The highest BCUT2D eigenvalue weighted by Crippen LogP contribution is 2.21. The van der Waals surface area contributed by atoms with Gasteiger partial charge in [-0.25, -0.2) is 0 Å². The second-order valence-electron chi connectivity index (χ2n) is 4.98. The van der Waals surface area contributed by atoms with Gasteiger partial charge in [-0.2, -0.15) is 0 Å². The summed E-state index contributed by atoms with van der Waals surface area (Å²) in [6.45, 7) is 2.26. The minimum atomic E-state index is -0.829. The minimum absolute atomic E-state index is 0.0886. The predicted octanol–water partition coefficient (Wildman–Crippen LogP) is 1.75. The SMILES string of the molecule is CCSc1ccccc1C(=O)NC[C@@H](O)Cn1ccccc1=O. The molecule has 0 bridgehead atoms. The van der Waals surface area contributed by atoms with Gasteiger partial charge in [-0.1, -0.05) is 25.1 Å². The Morgan fingerprint density at radius 2 is 2.00 bits per heavy atom. The lowest BCUT2D eigenvalue weighted by Crippen LogP contribution is -2.36. The van der Waals surface area contributed by atoms with Crippen LogP contribution in [0.3, 0.4) is 0 Å². The molecular weight excluding hydrogens is 312 g/mol. The fourth-order valence-electron chi connectivity index (χ4n) is 2.14. The molecule has 1 atom stereocenters. The maximum atomic E-state index is 12.3. The van der Waals surface area contributed by atoms with Gasteiger partial charge < -0.3 is 15.0 Å². The van der Waals surface area contributed by atoms with Gasteiger partial charge in [-0.05, 0) is 24.0 Å². The van der Waals surface area contributed by atoms with Crippen LogP contribution in [-0.2, 0) is 6.54 Å². The zero-order valence-corrected chi connectivity index (χ0v) is 13.8. The summed E-state index contributed by atoms with van der Waals surface area (Å²) < 4.78 is 1.41. The summed E-state index contributed by atoms with van der Waals surface area (Å²) >= 11 is 1.60. The van der Waals surface area contributed by atoms with Crippen LogP contribution in [0.25, 0.3) is 0 Å². The third-order valence-corrected chi connectivity index (χ3v) is 4.19. The van der Waals surface area contributed by atoms with E-state index in [4.69, 9.17) is 0 Å². The zero-order chi connectivity index (χ0) is 16.7. The van der Waals surface area contributed by atoms with Crippen molar-refractivity contribution in [2.24, 2.45) is 0 Å². The molecule has 1 amide bonds. The van der Waals surface area contributed by atoms with E-state index in [9.17, 15) is 14.7 Å². The van der Waals surface area contributed by atoms with Crippen LogP contribution in [0, 0.1) is 0 Å². The molecule has 1 heterocycles. The number of amides is 1. The molecule has 0 fully saturated rings. The van der Waals surface area contributed by atoms with Crippen LogP contribution in [0.4, 0.5) is 0 Å². The molecule has 0 aliphatic rings. The number of thioether (sulfide) groups is 1. The van der Waals surface area contributed by atoms with Crippen molar-refractivity contribution in [1.29, 1.82) is 0 Å². The Kier molecular flexibility index (Phi) is 6.43. The zero-order valence-electron chi connectivity index (χ0n) is 12.9. The minimum Gasteiger partial charge on any atom is -0.389 e. The molecule has 1 aromatic carbocycles. The van der Waals surface area contributed by atoms with Crippen LogP contribution in [0.15, 0.2) is 58.4 Å². The van der Waals surface area contributed by atoms with E-state index < -0.39 is 6.10 Å². The molecule has 0 aliphatic heterocycles. The number of hydrogen-bond donors (Lipinski definition) is 2. The summed E-state index contributed by atoms with van der Waals surface area (Å²) in [7, 11) is 0. The maximum absolute atomic E-state index is 12.3. The number of hydrogen-bond acceptors (Lipinski definition) is 4. The molecule has 2 aromatic rings. The van der Waals surface area contributed by atoms with Crippen molar-refractivity contribution < 1.29 is 9.90 Å². The summed E-state index contributed by atoms with van der Waals surface area (Å²) in [5, 5.41) is 12.7. The van der Waals surface area contributed by atoms with Gasteiger partial charge in [0.2, 0.25) is 0 Å². The smallest absolute Gasteiger partial charge is 0.252 e. The van der Waals surface area contributed by atoms with E-state index in [2.05, 4.69) is 5.32 Å². The van der Waals surface area contributed by atoms with E-state index in [1.165, 1.54) is 10.6 Å². The van der Waals surface area contributed by atoms with Gasteiger partial charge in [0.15, 0.2) is 0 Å². The third kappa shape index (κ3) is 4.97. The Hall–Kier alpha value is -2.05. The monoisotopic (exact) mass is 332 g/mol. The van der Waals surface area contributed by atoms with Gasteiger partial charge in [0.05, 0.1) is 18.2 Å². The number of pyridine rings is 1. The molecular formula is C17H20N2O3S. The van der Waals surface area contributed by atoms with Crippen molar-refractivity contribution in [3.05, 3.63) is 64.6 Å². The average Bonchev–Trinajstić information content (AvgIpc) is 2.55. The van der Waals surface area contributed by atoms with Gasteiger partial charge in [-0.15, -0.1) is 11.8 Å². The quantitative estimate of drug-likeness (QED) is 0.758. The second-order valence-corrected chi connectivity index (χ2v) is 6.29. The highest BCUT2D eigenvalue weighted by atomic mass is 32.2. The number of carbonyl (C=O) groups is 1. The Balaban J connectivity index is 1.94. The first kappa shape index (κ1) is 17.3. The number of carbonyl (C=O) groups excluding carboxylic acids is 1. The molecule has 1 aromatic heterocycles. The maximum Gasteiger partial charge on any atom is 0.252 e. The summed E-state index contributed by atoms with van der Waals surface area (Å²) in [4.78, 5) is 24.8. The van der Waals surface area contributed by atoms with Crippen LogP contribution in [0.5, 0.6) is 0 Å². The van der Waals surface area contributed by atoms with Crippen molar-refractivity contribution in [3.63, 3.8) is 0 Å². The van der Waals surface area contributed by atoms with E-state index in [0.29, 0.717) is 5.56 Å².